The lowest BCUT2D eigenvalue weighted by molar-refractivity contribution is -0.327. The maximum atomic E-state index is 14.7. The summed E-state index contributed by atoms with van der Waals surface area (Å²) in [5.41, 5.74) is -2.84. The van der Waals surface area contributed by atoms with E-state index in [0.29, 0.717) is 12.8 Å². The van der Waals surface area contributed by atoms with E-state index in [4.69, 9.17) is 9.47 Å². The van der Waals surface area contributed by atoms with Crippen LogP contribution in [0.5, 0.6) is 0 Å². The standard InChI is InChI=1S/C36H58O11/c1-17(2)9-12-24(40)36(8,45)29-21(39)14-33(5)23-11-10-18-19(35(23,7)25(41)15-34(29,33)6)13-20(38)30(32(18,3)4)47-31-28(44)27(43)26(42)22(16-37)46-31/h9-10,19-24,26-31,37-40,42-45H,11-16H2,1-8H3. The average Bonchev–Trinajstić information content (AvgIpc) is 3.18. The fraction of sp³-hybridized carbons (Fsp3) is 0.861. The quantitative estimate of drug-likeness (QED) is 0.183. The Morgan fingerprint density at radius 3 is 2.28 bits per heavy atom. The van der Waals surface area contributed by atoms with Gasteiger partial charge in [-0.05, 0) is 69.1 Å². The second-order valence-electron chi connectivity index (χ2n) is 17.0. The molecule has 11 nitrogen and oxygen atoms in total. The van der Waals surface area contributed by atoms with Crippen LogP contribution in [0.2, 0.25) is 0 Å². The van der Waals surface area contributed by atoms with Gasteiger partial charge in [-0.25, -0.2) is 0 Å². The average molecular weight is 667 g/mol. The number of rotatable bonds is 7. The fourth-order valence-electron chi connectivity index (χ4n) is 11.0. The maximum Gasteiger partial charge on any atom is 0.187 e. The molecule has 1 saturated heterocycles. The minimum absolute atomic E-state index is 0.00284. The molecule has 4 fully saturated rings. The molecule has 0 aromatic rings. The minimum atomic E-state index is -1.65. The van der Waals surface area contributed by atoms with Crippen LogP contribution in [0.1, 0.15) is 87.5 Å². The molecular weight excluding hydrogens is 608 g/mol. The summed E-state index contributed by atoms with van der Waals surface area (Å²) in [6, 6.07) is 0. The molecule has 0 aromatic carbocycles. The molecule has 5 rings (SSSR count). The van der Waals surface area contributed by atoms with Crippen LogP contribution in [0.4, 0.5) is 0 Å². The van der Waals surface area contributed by atoms with Gasteiger partial charge in [0.1, 0.15) is 30.2 Å². The van der Waals surface area contributed by atoms with Crippen LogP contribution in [0.3, 0.4) is 0 Å². The first-order valence-corrected chi connectivity index (χ1v) is 17.2. The number of fused-ring (bicyclic) bond motifs is 5. The molecule has 3 saturated carbocycles. The second kappa shape index (κ2) is 12.2. The Kier molecular flexibility index (Phi) is 9.62. The van der Waals surface area contributed by atoms with Crippen molar-refractivity contribution in [1.29, 1.82) is 0 Å². The zero-order valence-corrected chi connectivity index (χ0v) is 29.1. The molecule has 0 aromatic heterocycles. The third-order valence-corrected chi connectivity index (χ3v) is 13.8. The SMILES string of the molecule is CC(C)=CCC(O)C(C)(O)C1C(O)CC2(C)C3CC=C4C(CC(O)C(OC5OC(CO)C(O)C(O)C5O)C4(C)C)C3(C)C(=O)CC12C. The molecule has 0 amide bonds. The van der Waals surface area contributed by atoms with Gasteiger partial charge in [0, 0.05) is 23.2 Å². The summed E-state index contributed by atoms with van der Waals surface area (Å²) in [6.45, 7) is 14.7. The molecular formula is C36H58O11. The van der Waals surface area contributed by atoms with Crippen molar-refractivity contribution in [2.24, 2.45) is 39.4 Å². The molecule has 0 spiro atoms. The van der Waals surface area contributed by atoms with Crippen molar-refractivity contribution in [2.75, 3.05) is 6.61 Å². The van der Waals surface area contributed by atoms with Crippen molar-refractivity contribution in [2.45, 2.75) is 148 Å². The van der Waals surface area contributed by atoms with Crippen LogP contribution in [0.25, 0.3) is 0 Å². The highest BCUT2D eigenvalue weighted by molar-refractivity contribution is 5.88. The number of carbonyl (C=O) groups excluding carboxylic acids is 1. The second-order valence-corrected chi connectivity index (χ2v) is 17.0. The van der Waals surface area contributed by atoms with E-state index in [9.17, 15) is 45.6 Å². The Bertz CT molecular complexity index is 1270. The molecule has 16 atom stereocenters. The van der Waals surface area contributed by atoms with Crippen LogP contribution >= 0.6 is 0 Å². The highest BCUT2D eigenvalue weighted by atomic mass is 16.7. The number of Topliss-reactive ketones (excluding diaryl/α,β-unsaturated/α-hetero) is 1. The summed E-state index contributed by atoms with van der Waals surface area (Å²) in [7, 11) is 0. The van der Waals surface area contributed by atoms with Gasteiger partial charge in [-0.1, -0.05) is 57.9 Å². The Morgan fingerprint density at radius 1 is 1.04 bits per heavy atom. The first kappa shape index (κ1) is 37.0. The van der Waals surface area contributed by atoms with Crippen LogP contribution in [-0.2, 0) is 14.3 Å². The Labute approximate surface area is 278 Å². The number of hydrogen-bond donors (Lipinski definition) is 8. The van der Waals surface area contributed by atoms with Crippen molar-refractivity contribution in [3.8, 4) is 0 Å². The fourth-order valence-corrected chi connectivity index (χ4v) is 11.0. The Hall–Kier alpha value is -1.25. The number of carbonyl (C=O) groups is 1. The minimum Gasteiger partial charge on any atom is -0.394 e. The predicted octanol–water partition coefficient (Wildman–Crippen LogP) is 1.37. The van der Waals surface area contributed by atoms with E-state index in [1.165, 1.54) is 0 Å². The van der Waals surface area contributed by atoms with Gasteiger partial charge in [0.25, 0.3) is 0 Å². The molecule has 16 unspecified atom stereocenters. The monoisotopic (exact) mass is 666 g/mol. The van der Waals surface area contributed by atoms with Crippen molar-refractivity contribution in [3.05, 3.63) is 23.3 Å². The first-order valence-electron chi connectivity index (χ1n) is 17.2. The molecule has 268 valence electrons. The number of aliphatic hydroxyl groups excluding tert-OH is 7. The smallest absolute Gasteiger partial charge is 0.187 e. The summed E-state index contributed by atoms with van der Waals surface area (Å²) in [6.07, 6.45) is -6.01. The highest BCUT2D eigenvalue weighted by Gasteiger charge is 2.74. The number of ketones is 1. The van der Waals surface area contributed by atoms with Gasteiger partial charge >= 0.3 is 0 Å². The van der Waals surface area contributed by atoms with Crippen molar-refractivity contribution in [3.63, 3.8) is 0 Å². The largest absolute Gasteiger partial charge is 0.394 e. The van der Waals surface area contributed by atoms with Crippen molar-refractivity contribution >= 4 is 5.78 Å². The molecule has 4 aliphatic carbocycles. The van der Waals surface area contributed by atoms with Crippen molar-refractivity contribution < 1.29 is 55.1 Å². The molecule has 0 bridgehead atoms. The first-order chi connectivity index (χ1) is 21.6. The summed E-state index contributed by atoms with van der Waals surface area (Å²) in [5, 5.41) is 87.3. The van der Waals surface area contributed by atoms with E-state index in [-0.39, 0.29) is 36.9 Å². The third-order valence-electron chi connectivity index (χ3n) is 13.8. The van der Waals surface area contributed by atoms with Crippen LogP contribution in [0, 0.1) is 39.4 Å². The van der Waals surface area contributed by atoms with Crippen LogP contribution in [-0.4, -0.2) is 114 Å². The van der Waals surface area contributed by atoms with Crippen LogP contribution < -0.4 is 0 Å². The van der Waals surface area contributed by atoms with Gasteiger partial charge in [0.05, 0.1) is 36.6 Å². The van der Waals surface area contributed by atoms with Gasteiger partial charge in [0.2, 0.25) is 0 Å². The third kappa shape index (κ3) is 5.34. The normalized spacial score (nSPS) is 49.6. The molecule has 5 aliphatic rings. The summed E-state index contributed by atoms with van der Waals surface area (Å²) in [4.78, 5) is 14.7. The van der Waals surface area contributed by atoms with Gasteiger partial charge < -0.3 is 50.3 Å². The molecule has 1 aliphatic heterocycles. The number of aliphatic hydroxyl groups is 8. The van der Waals surface area contributed by atoms with E-state index in [0.717, 1.165) is 11.1 Å². The topological polar surface area (TPSA) is 197 Å². The number of hydrogen-bond acceptors (Lipinski definition) is 11. The molecule has 8 N–H and O–H groups in total. The molecule has 11 heteroatoms. The van der Waals surface area contributed by atoms with E-state index in [1.807, 2.05) is 47.6 Å². The van der Waals surface area contributed by atoms with Crippen LogP contribution in [0.15, 0.2) is 23.3 Å². The van der Waals surface area contributed by atoms with Crippen molar-refractivity contribution in [1.82, 2.24) is 0 Å². The molecule has 0 radical (unpaired) electrons. The zero-order valence-electron chi connectivity index (χ0n) is 29.1. The van der Waals surface area contributed by atoms with Gasteiger partial charge in [-0.2, -0.15) is 0 Å². The highest BCUT2D eigenvalue weighted by Crippen LogP contribution is 2.74. The zero-order chi connectivity index (χ0) is 35.2. The van der Waals surface area contributed by atoms with E-state index in [1.54, 1.807) is 6.92 Å². The number of ether oxygens (including phenoxy) is 2. The number of allylic oxidation sites excluding steroid dienone is 2. The van der Waals surface area contributed by atoms with Gasteiger partial charge in [-0.15, -0.1) is 0 Å². The maximum absolute atomic E-state index is 14.7. The predicted molar refractivity (Wildman–Crippen MR) is 171 cm³/mol. The summed E-state index contributed by atoms with van der Waals surface area (Å²) in [5.74, 6) is -1.31. The molecule has 47 heavy (non-hydrogen) atoms. The van der Waals surface area contributed by atoms with Gasteiger partial charge in [0.15, 0.2) is 6.29 Å². The van der Waals surface area contributed by atoms with E-state index >= 15 is 0 Å². The lowest BCUT2D eigenvalue weighted by Gasteiger charge is -2.65. The summed E-state index contributed by atoms with van der Waals surface area (Å²) >= 11 is 0. The van der Waals surface area contributed by atoms with E-state index < -0.39 is 94.9 Å². The van der Waals surface area contributed by atoms with E-state index in [2.05, 4.69) is 13.0 Å². The lowest BCUT2D eigenvalue weighted by Crippen LogP contribution is -2.66. The molecule has 1 heterocycles. The Morgan fingerprint density at radius 2 is 1.68 bits per heavy atom. The lowest BCUT2D eigenvalue weighted by atomic mass is 9.38. The Balaban J connectivity index is 1.48. The van der Waals surface area contributed by atoms with Gasteiger partial charge in [-0.3, -0.25) is 4.79 Å². The summed E-state index contributed by atoms with van der Waals surface area (Å²) < 4.78 is 11.8.